The van der Waals surface area contributed by atoms with Gasteiger partial charge in [-0.3, -0.25) is 0 Å². The van der Waals surface area contributed by atoms with Gasteiger partial charge in [-0.25, -0.2) is 4.39 Å². The molecule has 21 heavy (non-hydrogen) atoms. The zero-order valence-electron chi connectivity index (χ0n) is 11.6. The smallest absolute Gasteiger partial charge is 0.146 e. The van der Waals surface area contributed by atoms with Gasteiger partial charge in [0.05, 0.1) is 5.69 Å². The van der Waals surface area contributed by atoms with Crippen LogP contribution in [0.5, 0.6) is 0 Å². The number of benzene rings is 3. The van der Waals surface area contributed by atoms with Gasteiger partial charge in [-0.1, -0.05) is 54.1 Å². The Hall–Kier alpha value is -2.06. The molecule has 0 aromatic heterocycles. The first kappa shape index (κ1) is 13.9. The van der Waals surface area contributed by atoms with Crippen molar-refractivity contribution in [2.75, 3.05) is 5.32 Å². The molecule has 0 saturated carbocycles. The molecule has 0 radical (unpaired) electrons. The molecule has 1 N–H and O–H groups in total. The number of halogens is 2. The molecule has 1 nitrogen and oxygen atoms in total. The molecule has 1 atom stereocenters. The molecular weight excluding hydrogens is 285 g/mol. The molecule has 0 fully saturated rings. The molecule has 3 aromatic rings. The van der Waals surface area contributed by atoms with Crippen molar-refractivity contribution in [2.24, 2.45) is 0 Å². The molecule has 0 saturated heterocycles. The monoisotopic (exact) mass is 299 g/mol. The molecule has 3 aromatic carbocycles. The number of hydrogen-bond acceptors (Lipinski definition) is 1. The minimum absolute atomic E-state index is 0.0240. The predicted molar refractivity (Wildman–Crippen MR) is 87.4 cm³/mol. The van der Waals surface area contributed by atoms with Crippen LogP contribution >= 0.6 is 11.6 Å². The van der Waals surface area contributed by atoms with Crippen LogP contribution in [0, 0.1) is 5.82 Å². The number of rotatable bonds is 3. The van der Waals surface area contributed by atoms with Crippen LogP contribution in [0.3, 0.4) is 0 Å². The fourth-order valence-corrected chi connectivity index (χ4v) is 2.72. The average Bonchev–Trinajstić information content (AvgIpc) is 2.50. The lowest BCUT2D eigenvalue weighted by atomic mass is 9.99. The zero-order valence-corrected chi connectivity index (χ0v) is 12.4. The van der Waals surface area contributed by atoms with E-state index in [-0.39, 0.29) is 11.9 Å². The first-order valence-electron chi connectivity index (χ1n) is 6.84. The van der Waals surface area contributed by atoms with Crippen molar-refractivity contribution in [3.63, 3.8) is 0 Å². The summed E-state index contributed by atoms with van der Waals surface area (Å²) < 4.78 is 13.8. The third-order valence-electron chi connectivity index (χ3n) is 3.59. The summed E-state index contributed by atoms with van der Waals surface area (Å²) >= 11 is 5.93. The van der Waals surface area contributed by atoms with Crippen LogP contribution in [0.25, 0.3) is 10.8 Å². The van der Waals surface area contributed by atoms with Crippen LogP contribution in [0.4, 0.5) is 10.1 Å². The first-order valence-corrected chi connectivity index (χ1v) is 7.22. The SMILES string of the molecule is CC(Nc1cc(Cl)ccc1F)c1cccc2ccccc12. The molecule has 0 amide bonds. The van der Waals surface area contributed by atoms with Gasteiger partial charge >= 0.3 is 0 Å². The first-order chi connectivity index (χ1) is 10.1. The summed E-state index contributed by atoms with van der Waals surface area (Å²) in [6.45, 7) is 2.02. The van der Waals surface area contributed by atoms with Gasteiger partial charge in [-0.2, -0.15) is 0 Å². The van der Waals surface area contributed by atoms with Gasteiger partial charge in [0.1, 0.15) is 5.82 Å². The maximum Gasteiger partial charge on any atom is 0.146 e. The summed E-state index contributed by atoms with van der Waals surface area (Å²) in [6.07, 6.45) is 0. The summed E-state index contributed by atoms with van der Waals surface area (Å²) in [5, 5.41) is 6.06. The summed E-state index contributed by atoms with van der Waals surface area (Å²) in [7, 11) is 0. The van der Waals surface area contributed by atoms with E-state index >= 15 is 0 Å². The molecule has 0 heterocycles. The van der Waals surface area contributed by atoms with Gasteiger partial charge in [-0.05, 0) is 41.5 Å². The molecule has 0 bridgehead atoms. The van der Waals surface area contributed by atoms with E-state index in [1.165, 1.54) is 16.8 Å². The van der Waals surface area contributed by atoms with Crippen LogP contribution in [0.2, 0.25) is 5.02 Å². The Bertz CT molecular complexity index is 780. The zero-order chi connectivity index (χ0) is 14.8. The number of nitrogens with one attached hydrogen (secondary N) is 1. The normalized spacial score (nSPS) is 12.3. The molecule has 1 unspecified atom stereocenters. The van der Waals surface area contributed by atoms with Gasteiger partial charge in [0, 0.05) is 11.1 Å². The Kier molecular flexibility index (Phi) is 3.80. The predicted octanol–water partition coefficient (Wildman–Crippen LogP) is 5.81. The van der Waals surface area contributed by atoms with Crippen LogP contribution in [0.15, 0.2) is 60.7 Å². The van der Waals surface area contributed by atoms with E-state index in [2.05, 4.69) is 29.6 Å². The van der Waals surface area contributed by atoms with E-state index in [0.29, 0.717) is 10.7 Å². The summed E-state index contributed by atoms with van der Waals surface area (Å²) in [4.78, 5) is 0. The van der Waals surface area contributed by atoms with E-state index < -0.39 is 0 Å². The molecule has 0 aliphatic heterocycles. The lowest BCUT2D eigenvalue weighted by Crippen LogP contribution is -2.08. The maximum atomic E-state index is 13.8. The maximum absolute atomic E-state index is 13.8. The van der Waals surface area contributed by atoms with E-state index in [1.807, 2.05) is 25.1 Å². The fraction of sp³-hybridized carbons (Fsp3) is 0.111. The van der Waals surface area contributed by atoms with Crippen molar-refractivity contribution in [3.8, 4) is 0 Å². The highest BCUT2D eigenvalue weighted by molar-refractivity contribution is 6.30. The lowest BCUT2D eigenvalue weighted by molar-refractivity contribution is 0.627. The standard InChI is InChI=1S/C18H15ClFN/c1-12(21-18-11-14(19)9-10-17(18)20)15-8-4-6-13-5-2-3-7-16(13)15/h2-12,21H,1H3. The van der Waals surface area contributed by atoms with Crippen molar-refractivity contribution in [2.45, 2.75) is 13.0 Å². The fourth-order valence-electron chi connectivity index (χ4n) is 2.55. The van der Waals surface area contributed by atoms with Gasteiger partial charge in [0.15, 0.2) is 0 Å². The Balaban J connectivity index is 1.97. The number of fused-ring (bicyclic) bond motifs is 1. The van der Waals surface area contributed by atoms with Crippen molar-refractivity contribution in [1.29, 1.82) is 0 Å². The van der Waals surface area contributed by atoms with Crippen molar-refractivity contribution < 1.29 is 4.39 Å². The summed E-state index contributed by atoms with van der Waals surface area (Å²) in [5.74, 6) is -0.300. The highest BCUT2D eigenvalue weighted by atomic mass is 35.5. The largest absolute Gasteiger partial charge is 0.376 e. The number of anilines is 1. The van der Waals surface area contributed by atoms with Crippen molar-refractivity contribution >= 4 is 28.1 Å². The van der Waals surface area contributed by atoms with Crippen LogP contribution in [0.1, 0.15) is 18.5 Å². The molecular formula is C18H15ClFN. The average molecular weight is 300 g/mol. The van der Waals surface area contributed by atoms with Crippen LogP contribution in [-0.4, -0.2) is 0 Å². The Labute approximate surface area is 128 Å². The quantitative estimate of drug-likeness (QED) is 0.644. The van der Waals surface area contributed by atoms with Gasteiger partial charge in [0.25, 0.3) is 0 Å². The molecule has 3 heteroatoms. The minimum atomic E-state index is -0.300. The second-order valence-electron chi connectivity index (χ2n) is 5.06. The highest BCUT2D eigenvalue weighted by Gasteiger charge is 2.11. The van der Waals surface area contributed by atoms with Crippen molar-refractivity contribution in [3.05, 3.63) is 77.1 Å². The van der Waals surface area contributed by atoms with E-state index in [0.717, 1.165) is 5.56 Å². The van der Waals surface area contributed by atoms with E-state index in [9.17, 15) is 4.39 Å². The Morgan fingerprint density at radius 3 is 2.62 bits per heavy atom. The molecule has 106 valence electrons. The van der Waals surface area contributed by atoms with Gasteiger partial charge < -0.3 is 5.32 Å². The highest BCUT2D eigenvalue weighted by Crippen LogP contribution is 2.28. The van der Waals surface area contributed by atoms with E-state index in [4.69, 9.17) is 11.6 Å². The molecule has 0 spiro atoms. The minimum Gasteiger partial charge on any atom is -0.376 e. The lowest BCUT2D eigenvalue weighted by Gasteiger charge is -2.18. The van der Waals surface area contributed by atoms with Crippen LogP contribution in [-0.2, 0) is 0 Å². The van der Waals surface area contributed by atoms with Gasteiger partial charge in [0.2, 0.25) is 0 Å². The summed E-state index contributed by atoms with van der Waals surface area (Å²) in [5.41, 5.74) is 1.55. The topological polar surface area (TPSA) is 12.0 Å². The second-order valence-corrected chi connectivity index (χ2v) is 5.50. The van der Waals surface area contributed by atoms with Crippen molar-refractivity contribution in [1.82, 2.24) is 0 Å². The summed E-state index contributed by atoms with van der Waals surface area (Å²) in [6, 6.07) is 18.8. The van der Waals surface area contributed by atoms with Gasteiger partial charge in [-0.15, -0.1) is 0 Å². The van der Waals surface area contributed by atoms with Crippen LogP contribution < -0.4 is 5.32 Å². The Morgan fingerprint density at radius 2 is 1.76 bits per heavy atom. The molecule has 3 rings (SSSR count). The molecule has 0 aliphatic carbocycles. The third-order valence-corrected chi connectivity index (χ3v) is 3.83. The Morgan fingerprint density at radius 1 is 1.00 bits per heavy atom. The molecule has 0 aliphatic rings. The second kappa shape index (κ2) is 5.74. The number of hydrogen-bond donors (Lipinski definition) is 1. The third kappa shape index (κ3) is 2.86. The van der Waals surface area contributed by atoms with E-state index in [1.54, 1.807) is 12.1 Å².